The third kappa shape index (κ3) is 3.90. The molecule has 6 heteroatoms. The molecule has 1 fully saturated rings. The summed E-state index contributed by atoms with van der Waals surface area (Å²) in [6.45, 7) is 2.62. The van der Waals surface area contributed by atoms with Crippen molar-refractivity contribution in [3.63, 3.8) is 0 Å². The molecule has 2 N–H and O–H groups in total. The Balaban J connectivity index is 2.02. The molecule has 1 saturated heterocycles. The molecule has 0 aromatic carbocycles. The summed E-state index contributed by atoms with van der Waals surface area (Å²) in [4.78, 5) is 29.3. The Kier molecular flexibility index (Phi) is 4.89. The van der Waals surface area contributed by atoms with Gasteiger partial charge >= 0.3 is 0 Å². The molecule has 1 aromatic rings. The molecule has 20 heavy (non-hydrogen) atoms. The summed E-state index contributed by atoms with van der Waals surface area (Å²) >= 11 is 1.55. The number of carbonyl (C=O) groups excluding carboxylic acids is 2. The highest BCUT2D eigenvalue weighted by Crippen LogP contribution is 2.20. The number of carbonyl (C=O) groups is 2. The lowest BCUT2D eigenvalue weighted by atomic mass is 9.99. The van der Waals surface area contributed by atoms with Crippen LogP contribution in [0.1, 0.15) is 36.4 Å². The van der Waals surface area contributed by atoms with Gasteiger partial charge in [0.05, 0.1) is 10.7 Å². The van der Waals surface area contributed by atoms with Gasteiger partial charge in [-0.2, -0.15) is 0 Å². The number of hydrogen-bond donors (Lipinski definition) is 1. The van der Waals surface area contributed by atoms with Gasteiger partial charge in [-0.1, -0.05) is 0 Å². The van der Waals surface area contributed by atoms with Crippen molar-refractivity contribution in [3.05, 3.63) is 22.2 Å². The molecule has 5 nitrogen and oxygen atoms in total. The largest absolute Gasteiger partial charge is 0.370 e. The zero-order valence-corrected chi connectivity index (χ0v) is 12.4. The van der Waals surface area contributed by atoms with E-state index in [-0.39, 0.29) is 24.3 Å². The molecular formula is C14H19N3O2S. The van der Waals surface area contributed by atoms with Gasteiger partial charge in [-0.05, 0) is 32.3 Å². The Morgan fingerprint density at radius 3 is 3.00 bits per heavy atom. The van der Waals surface area contributed by atoms with Crippen LogP contribution in [0.2, 0.25) is 0 Å². The van der Waals surface area contributed by atoms with Crippen LogP contribution in [0.3, 0.4) is 0 Å². The average molecular weight is 293 g/mol. The van der Waals surface area contributed by atoms with Crippen molar-refractivity contribution >= 4 is 29.2 Å². The van der Waals surface area contributed by atoms with Gasteiger partial charge in [-0.3, -0.25) is 9.59 Å². The number of aryl methyl sites for hydroxylation is 1. The molecular weight excluding hydrogens is 274 g/mol. The predicted octanol–water partition coefficient (Wildman–Crippen LogP) is 1.72. The SMILES string of the molecule is Cc1nc(/C=C\C(=O)N2CCCC[C@@H]2CC(N)=O)cs1. The molecule has 0 spiro atoms. The molecule has 2 heterocycles. The lowest BCUT2D eigenvalue weighted by Crippen LogP contribution is -2.44. The maximum Gasteiger partial charge on any atom is 0.246 e. The third-order valence-corrected chi connectivity index (χ3v) is 4.17. The molecule has 1 atom stereocenters. The topological polar surface area (TPSA) is 76.3 Å². The fourth-order valence-electron chi connectivity index (χ4n) is 2.44. The van der Waals surface area contributed by atoms with E-state index in [9.17, 15) is 9.59 Å². The molecule has 1 aliphatic rings. The summed E-state index contributed by atoms with van der Waals surface area (Å²) in [7, 11) is 0. The number of piperidine rings is 1. The average Bonchev–Trinajstić information content (AvgIpc) is 2.82. The Hall–Kier alpha value is -1.69. The second-order valence-corrected chi connectivity index (χ2v) is 6.04. The first-order valence-electron chi connectivity index (χ1n) is 6.75. The van der Waals surface area contributed by atoms with Crippen LogP contribution in [-0.2, 0) is 9.59 Å². The van der Waals surface area contributed by atoms with Gasteiger partial charge in [-0.15, -0.1) is 11.3 Å². The highest BCUT2D eigenvalue weighted by Gasteiger charge is 2.26. The highest BCUT2D eigenvalue weighted by molar-refractivity contribution is 7.09. The van der Waals surface area contributed by atoms with Crippen LogP contribution in [0.5, 0.6) is 0 Å². The summed E-state index contributed by atoms with van der Waals surface area (Å²) in [5, 5.41) is 2.89. The summed E-state index contributed by atoms with van der Waals surface area (Å²) in [5.41, 5.74) is 6.05. The summed E-state index contributed by atoms with van der Waals surface area (Å²) in [6, 6.07) is -0.0597. The minimum Gasteiger partial charge on any atom is -0.370 e. The Labute approximate surface area is 122 Å². The number of aromatic nitrogens is 1. The predicted molar refractivity (Wildman–Crippen MR) is 79.0 cm³/mol. The second kappa shape index (κ2) is 6.65. The smallest absolute Gasteiger partial charge is 0.246 e. The van der Waals surface area contributed by atoms with E-state index >= 15 is 0 Å². The van der Waals surface area contributed by atoms with Crippen molar-refractivity contribution in [2.75, 3.05) is 6.54 Å². The molecule has 1 aliphatic heterocycles. The maximum absolute atomic E-state index is 12.2. The van der Waals surface area contributed by atoms with Crippen LogP contribution < -0.4 is 5.73 Å². The first kappa shape index (κ1) is 14.7. The fourth-order valence-corrected chi connectivity index (χ4v) is 3.02. The van der Waals surface area contributed by atoms with E-state index in [0.717, 1.165) is 30.0 Å². The number of nitrogens with zero attached hydrogens (tertiary/aromatic N) is 2. The third-order valence-electron chi connectivity index (χ3n) is 3.38. The first-order chi connectivity index (χ1) is 9.56. The monoisotopic (exact) mass is 293 g/mol. The molecule has 0 bridgehead atoms. The van der Waals surface area contributed by atoms with E-state index in [1.54, 1.807) is 22.3 Å². The van der Waals surface area contributed by atoms with Crippen molar-refractivity contribution < 1.29 is 9.59 Å². The summed E-state index contributed by atoms with van der Waals surface area (Å²) in [6.07, 6.45) is 6.37. The minimum atomic E-state index is -0.353. The zero-order chi connectivity index (χ0) is 14.5. The van der Waals surface area contributed by atoms with E-state index in [1.807, 2.05) is 12.3 Å². The standard InChI is InChI=1S/C14H19N3O2S/c1-10-16-11(9-20-10)5-6-14(19)17-7-3-2-4-12(17)8-13(15)18/h5-6,9,12H,2-4,7-8H2,1H3,(H2,15,18)/b6-5-/t12-/m1/s1. The van der Waals surface area contributed by atoms with Crippen molar-refractivity contribution in [3.8, 4) is 0 Å². The quantitative estimate of drug-likeness (QED) is 0.859. The number of likely N-dealkylation sites (tertiary alicyclic amines) is 1. The van der Waals surface area contributed by atoms with E-state index in [1.165, 1.54) is 6.08 Å². The van der Waals surface area contributed by atoms with Crippen LogP contribution >= 0.6 is 11.3 Å². The molecule has 2 amide bonds. The van der Waals surface area contributed by atoms with Crippen LogP contribution in [0.15, 0.2) is 11.5 Å². The van der Waals surface area contributed by atoms with E-state index in [4.69, 9.17) is 5.73 Å². The van der Waals surface area contributed by atoms with Gasteiger partial charge in [-0.25, -0.2) is 4.98 Å². The fraction of sp³-hybridized carbons (Fsp3) is 0.500. The molecule has 2 rings (SSSR count). The van der Waals surface area contributed by atoms with Crippen molar-refractivity contribution in [2.24, 2.45) is 5.73 Å². The highest BCUT2D eigenvalue weighted by atomic mass is 32.1. The van der Waals surface area contributed by atoms with E-state index in [2.05, 4.69) is 4.98 Å². The molecule has 0 unspecified atom stereocenters. The normalized spacial score (nSPS) is 19.4. The van der Waals surface area contributed by atoms with Crippen molar-refractivity contribution in [1.82, 2.24) is 9.88 Å². The number of amides is 2. The van der Waals surface area contributed by atoms with Crippen LogP contribution in [0.25, 0.3) is 6.08 Å². The van der Waals surface area contributed by atoms with Gasteiger partial charge in [0.2, 0.25) is 11.8 Å². The van der Waals surface area contributed by atoms with Crippen molar-refractivity contribution in [2.45, 2.75) is 38.6 Å². The Morgan fingerprint density at radius 2 is 2.35 bits per heavy atom. The number of thiazole rings is 1. The second-order valence-electron chi connectivity index (χ2n) is 4.98. The number of rotatable bonds is 4. The van der Waals surface area contributed by atoms with E-state index in [0.29, 0.717) is 6.54 Å². The Morgan fingerprint density at radius 1 is 1.55 bits per heavy atom. The van der Waals surface area contributed by atoms with Gasteiger partial charge < -0.3 is 10.6 Å². The van der Waals surface area contributed by atoms with Crippen LogP contribution in [0.4, 0.5) is 0 Å². The van der Waals surface area contributed by atoms with Gasteiger partial charge in [0.25, 0.3) is 0 Å². The molecule has 0 radical (unpaired) electrons. The van der Waals surface area contributed by atoms with Crippen LogP contribution in [0, 0.1) is 6.92 Å². The lowest BCUT2D eigenvalue weighted by molar-refractivity contribution is -0.130. The van der Waals surface area contributed by atoms with Crippen LogP contribution in [-0.4, -0.2) is 34.3 Å². The number of primary amides is 1. The minimum absolute atomic E-state index is 0.0597. The molecule has 108 valence electrons. The van der Waals surface area contributed by atoms with Gasteiger partial charge in [0.1, 0.15) is 0 Å². The molecule has 0 saturated carbocycles. The number of nitrogens with two attached hydrogens (primary N) is 1. The molecule has 1 aromatic heterocycles. The van der Waals surface area contributed by atoms with Gasteiger partial charge in [0, 0.05) is 30.5 Å². The zero-order valence-electron chi connectivity index (χ0n) is 11.5. The van der Waals surface area contributed by atoms with Gasteiger partial charge in [0.15, 0.2) is 0 Å². The molecule has 0 aliphatic carbocycles. The van der Waals surface area contributed by atoms with Crippen molar-refractivity contribution in [1.29, 1.82) is 0 Å². The lowest BCUT2D eigenvalue weighted by Gasteiger charge is -2.34. The number of hydrogen-bond acceptors (Lipinski definition) is 4. The van der Waals surface area contributed by atoms with E-state index < -0.39 is 0 Å². The Bertz CT molecular complexity index is 524. The maximum atomic E-state index is 12.2. The summed E-state index contributed by atoms with van der Waals surface area (Å²) < 4.78 is 0. The first-order valence-corrected chi connectivity index (χ1v) is 7.63. The summed E-state index contributed by atoms with van der Waals surface area (Å²) in [5.74, 6) is -0.421.